The molecule has 2 saturated carbocycles. The summed E-state index contributed by atoms with van der Waals surface area (Å²) in [7, 11) is 0. The lowest BCUT2D eigenvalue weighted by atomic mass is 9.88. The molecule has 34 heavy (non-hydrogen) atoms. The molecule has 2 aliphatic carbocycles. The number of fused-ring (bicyclic) bond motifs is 4. The zero-order valence-corrected chi connectivity index (χ0v) is 20.9. The van der Waals surface area contributed by atoms with E-state index in [-0.39, 0.29) is 35.0 Å². The molecule has 1 aromatic rings. The summed E-state index contributed by atoms with van der Waals surface area (Å²) < 4.78 is 26.0. The second-order valence-corrected chi connectivity index (χ2v) is 12.3. The van der Waals surface area contributed by atoms with Crippen molar-refractivity contribution in [3.05, 3.63) is 35.4 Å². The number of rotatable bonds is 2. The lowest BCUT2D eigenvalue weighted by molar-refractivity contribution is -0.158. The molecule has 6 nitrogen and oxygen atoms in total. The van der Waals surface area contributed by atoms with Gasteiger partial charge in [0.15, 0.2) is 0 Å². The van der Waals surface area contributed by atoms with Crippen molar-refractivity contribution in [2.45, 2.75) is 113 Å². The minimum Gasteiger partial charge on any atom is -0.358 e. The summed E-state index contributed by atoms with van der Waals surface area (Å²) >= 11 is 0. The fraction of sp³-hybridized carbons (Fsp3) is 0.786. The molecule has 4 aliphatic heterocycles. The van der Waals surface area contributed by atoms with Gasteiger partial charge in [-0.05, 0) is 76.3 Å². The quantitative estimate of drug-likeness (QED) is 0.591. The molecule has 4 saturated heterocycles. The van der Waals surface area contributed by atoms with Crippen molar-refractivity contribution in [2.75, 3.05) is 26.4 Å². The van der Waals surface area contributed by atoms with Crippen LogP contribution in [0.1, 0.15) is 102 Å². The zero-order valence-electron chi connectivity index (χ0n) is 20.9. The van der Waals surface area contributed by atoms with Crippen molar-refractivity contribution >= 4 is 0 Å². The normalized spacial score (nSPS) is 41.4. The number of ether oxygens (including phenoxy) is 4. The topological polar surface area (TPSA) is 43.4 Å². The van der Waals surface area contributed by atoms with Gasteiger partial charge in [-0.15, -0.1) is 0 Å². The van der Waals surface area contributed by atoms with Gasteiger partial charge in [0.05, 0.1) is 37.5 Å². The summed E-state index contributed by atoms with van der Waals surface area (Å²) in [6.45, 7) is 7.64. The first-order chi connectivity index (χ1) is 16.5. The van der Waals surface area contributed by atoms with Crippen molar-refractivity contribution in [3.63, 3.8) is 0 Å². The molecular formula is C28H40N2O4. The van der Waals surface area contributed by atoms with Gasteiger partial charge in [0.1, 0.15) is 23.9 Å². The average Bonchev–Trinajstić information content (AvgIpc) is 3.55. The highest BCUT2D eigenvalue weighted by Crippen LogP contribution is 2.54. The molecule has 0 aromatic heterocycles. The van der Waals surface area contributed by atoms with Gasteiger partial charge < -0.3 is 18.9 Å². The summed E-state index contributed by atoms with van der Waals surface area (Å²) in [5.41, 5.74) is 2.10. The van der Waals surface area contributed by atoms with Crippen molar-refractivity contribution in [1.82, 2.24) is 9.80 Å². The molecule has 6 heteroatoms. The third-order valence-electron chi connectivity index (χ3n) is 9.69. The first-order valence-corrected chi connectivity index (χ1v) is 13.7. The molecule has 4 heterocycles. The summed E-state index contributed by atoms with van der Waals surface area (Å²) in [5.74, 6) is 0. The summed E-state index contributed by atoms with van der Waals surface area (Å²) in [6, 6.07) is 9.07. The number of hydrogen-bond acceptors (Lipinski definition) is 6. The summed E-state index contributed by atoms with van der Waals surface area (Å²) in [5, 5.41) is 0. The lowest BCUT2D eigenvalue weighted by Crippen LogP contribution is -2.53. The monoisotopic (exact) mass is 468 g/mol. The number of hydrogen-bond donors (Lipinski definition) is 0. The van der Waals surface area contributed by atoms with E-state index in [1.165, 1.54) is 49.7 Å². The van der Waals surface area contributed by atoms with Gasteiger partial charge in [0.25, 0.3) is 0 Å². The van der Waals surface area contributed by atoms with Crippen molar-refractivity contribution in [1.29, 1.82) is 0 Å². The van der Waals surface area contributed by atoms with Crippen LogP contribution in [0.15, 0.2) is 24.3 Å². The van der Waals surface area contributed by atoms with Crippen LogP contribution in [0.4, 0.5) is 0 Å². The Kier molecular flexibility index (Phi) is 5.05. The molecule has 0 bridgehead atoms. The van der Waals surface area contributed by atoms with Crippen molar-refractivity contribution < 1.29 is 18.9 Å². The first kappa shape index (κ1) is 22.2. The Morgan fingerprint density at radius 2 is 0.971 bits per heavy atom. The molecule has 7 rings (SSSR count). The van der Waals surface area contributed by atoms with Crippen LogP contribution in [-0.4, -0.2) is 58.8 Å². The van der Waals surface area contributed by atoms with Crippen LogP contribution >= 0.6 is 0 Å². The Labute approximate surface area is 203 Å². The molecule has 4 atom stereocenters. The van der Waals surface area contributed by atoms with E-state index in [4.69, 9.17) is 18.9 Å². The van der Waals surface area contributed by atoms with E-state index >= 15 is 0 Å². The third kappa shape index (κ3) is 3.09. The van der Waals surface area contributed by atoms with Gasteiger partial charge in [-0.3, -0.25) is 0 Å². The van der Waals surface area contributed by atoms with Crippen molar-refractivity contribution in [2.24, 2.45) is 0 Å². The molecule has 6 fully saturated rings. The van der Waals surface area contributed by atoms with Crippen LogP contribution in [0.5, 0.6) is 0 Å². The van der Waals surface area contributed by atoms with E-state index in [1.807, 2.05) is 0 Å². The fourth-order valence-electron chi connectivity index (χ4n) is 8.02. The molecule has 1 aromatic carbocycles. The van der Waals surface area contributed by atoms with Gasteiger partial charge in [-0.2, -0.15) is 0 Å². The maximum Gasteiger partial charge on any atom is 0.139 e. The molecule has 0 N–H and O–H groups in total. The van der Waals surface area contributed by atoms with Crippen LogP contribution in [-0.2, 0) is 18.9 Å². The fourth-order valence-corrected chi connectivity index (χ4v) is 8.02. The van der Waals surface area contributed by atoms with E-state index in [0.29, 0.717) is 0 Å². The maximum absolute atomic E-state index is 6.54. The Morgan fingerprint density at radius 3 is 1.35 bits per heavy atom. The molecule has 0 radical (unpaired) electrons. The second kappa shape index (κ2) is 7.74. The molecule has 0 amide bonds. The highest BCUT2D eigenvalue weighted by molar-refractivity contribution is 5.29. The van der Waals surface area contributed by atoms with Crippen LogP contribution in [0.25, 0.3) is 0 Å². The van der Waals surface area contributed by atoms with Crippen LogP contribution in [0.3, 0.4) is 0 Å². The molecule has 6 aliphatic rings. The summed E-state index contributed by atoms with van der Waals surface area (Å²) in [4.78, 5) is 5.17. The van der Waals surface area contributed by atoms with E-state index in [9.17, 15) is 0 Å². The predicted octanol–water partition coefficient (Wildman–Crippen LogP) is 5.25. The Bertz CT molecular complexity index is 850. The van der Waals surface area contributed by atoms with Crippen molar-refractivity contribution in [3.8, 4) is 0 Å². The Morgan fingerprint density at radius 1 is 0.588 bits per heavy atom. The minimum atomic E-state index is -0.149. The lowest BCUT2D eigenvalue weighted by Gasteiger charge is -2.44. The highest BCUT2D eigenvalue weighted by Gasteiger charge is 2.62. The van der Waals surface area contributed by atoms with Gasteiger partial charge in [-0.1, -0.05) is 37.1 Å². The zero-order chi connectivity index (χ0) is 23.0. The number of nitrogens with zero attached hydrogens (tertiary/aromatic N) is 2. The Balaban J connectivity index is 1.17. The van der Waals surface area contributed by atoms with Crippen LogP contribution in [0, 0.1) is 0 Å². The highest BCUT2D eigenvalue weighted by atomic mass is 16.6. The second-order valence-electron chi connectivity index (χ2n) is 12.3. The SMILES string of the molecule is C[C@]12CO[C@H](c3ccc([C@@H]4OC[C@@]5(C)COC6(CCCCC6)N45)cc3)N1C1(CCCCC1)OC2. The summed E-state index contributed by atoms with van der Waals surface area (Å²) in [6.07, 6.45) is 12.0. The molecule has 0 unspecified atom stereocenters. The van der Waals surface area contributed by atoms with Gasteiger partial charge in [-0.25, -0.2) is 9.80 Å². The van der Waals surface area contributed by atoms with E-state index in [1.54, 1.807) is 0 Å². The largest absolute Gasteiger partial charge is 0.358 e. The minimum absolute atomic E-state index is 0.0304. The van der Waals surface area contributed by atoms with E-state index in [0.717, 1.165) is 52.1 Å². The number of benzene rings is 1. The van der Waals surface area contributed by atoms with E-state index < -0.39 is 0 Å². The van der Waals surface area contributed by atoms with Gasteiger partial charge >= 0.3 is 0 Å². The average molecular weight is 469 g/mol. The smallest absolute Gasteiger partial charge is 0.139 e. The van der Waals surface area contributed by atoms with E-state index in [2.05, 4.69) is 47.9 Å². The molecular weight excluding hydrogens is 428 g/mol. The molecule has 186 valence electrons. The first-order valence-electron chi connectivity index (χ1n) is 13.7. The van der Waals surface area contributed by atoms with Gasteiger partial charge in [0.2, 0.25) is 0 Å². The third-order valence-corrected chi connectivity index (χ3v) is 9.69. The molecule has 2 spiro atoms. The Hall–Kier alpha value is -1.02. The predicted molar refractivity (Wildman–Crippen MR) is 128 cm³/mol. The maximum atomic E-state index is 6.54. The van der Waals surface area contributed by atoms with Crippen LogP contribution < -0.4 is 0 Å². The van der Waals surface area contributed by atoms with Crippen LogP contribution in [0.2, 0.25) is 0 Å². The standard InChI is InChI=1S/C28H40N2O4/c1-25-17-31-23(29(25)27(33-19-25)13-5-3-6-14-27)21-9-11-22(12-10-21)24-30-26(2,18-32-24)20-34-28(30)15-7-4-8-16-28/h9-12,23-24H,3-8,13-20H2,1-2H3/t23-,24+,25-,26+. The van der Waals surface area contributed by atoms with Gasteiger partial charge in [0, 0.05) is 0 Å².